The average molecular weight is 631 g/mol. The molecule has 0 saturated carbocycles. The Balaban J connectivity index is 1.73. The Morgan fingerprint density at radius 2 is 1.56 bits per heavy atom. The van der Waals surface area contributed by atoms with Crippen LogP contribution in [0.4, 0.5) is 31.1 Å². The summed E-state index contributed by atoms with van der Waals surface area (Å²) in [7, 11) is 0. The van der Waals surface area contributed by atoms with Crippen LogP contribution in [0.1, 0.15) is 60.1 Å². The molecule has 5 nitrogen and oxygen atoms in total. The summed E-state index contributed by atoms with van der Waals surface area (Å²) in [4.78, 5) is 19.1. The van der Waals surface area contributed by atoms with E-state index < -0.39 is 46.8 Å². The van der Waals surface area contributed by atoms with Crippen LogP contribution in [-0.2, 0) is 34.0 Å². The smallest absolute Gasteiger partial charge is 0.416 e. The molecule has 0 bridgehead atoms. The number of nitrogens with zero attached hydrogens (tertiary/aromatic N) is 2. The van der Waals surface area contributed by atoms with Crippen molar-refractivity contribution in [3.63, 3.8) is 0 Å². The minimum absolute atomic E-state index is 0.0603. The van der Waals surface area contributed by atoms with E-state index in [1.54, 1.807) is 60.7 Å². The fourth-order valence-electron chi connectivity index (χ4n) is 5.56. The minimum Gasteiger partial charge on any atom is -0.445 e. The largest absolute Gasteiger partial charge is 0.445 e. The first-order valence-electron chi connectivity index (χ1n) is 14.2. The number of hydrogen-bond acceptors (Lipinski definition) is 3. The van der Waals surface area contributed by atoms with Crippen LogP contribution in [0.3, 0.4) is 0 Å². The molecule has 4 rings (SSSR count). The first-order chi connectivity index (χ1) is 21.2. The van der Waals surface area contributed by atoms with Gasteiger partial charge < -0.3 is 14.3 Å². The molecular formula is C34H32F6N2O3. The minimum atomic E-state index is -5.02. The van der Waals surface area contributed by atoms with E-state index in [1.165, 1.54) is 11.8 Å². The Kier molecular flexibility index (Phi) is 9.98. The van der Waals surface area contributed by atoms with E-state index in [1.807, 2.05) is 6.07 Å². The standard InChI is InChI=1S/C34H32F6N2O3/c1-4-15-31(41-3)16-17-32(27-13-9-6-10-14-27,42(22-31)30(43)44-21-25-11-7-5-8-12-25)23-45-24(2)26-18-28(33(35,36)37)20-29(19-26)34(38,39)40/h4-14,18-20,24H,1,15-17,21-23H2,2H3/t24-,31?,32-/m1/s1. The van der Waals surface area contributed by atoms with Gasteiger partial charge in [-0.3, -0.25) is 4.90 Å². The zero-order valence-corrected chi connectivity index (χ0v) is 24.5. The van der Waals surface area contributed by atoms with Gasteiger partial charge in [0.25, 0.3) is 5.54 Å². The number of carbonyl (C=O) groups excluding carboxylic acids is 1. The highest BCUT2D eigenvalue weighted by Crippen LogP contribution is 2.45. The van der Waals surface area contributed by atoms with Gasteiger partial charge in [-0.2, -0.15) is 26.3 Å². The van der Waals surface area contributed by atoms with Gasteiger partial charge in [0.2, 0.25) is 0 Å². The number of carbonyl (C=O) groups is 1. The van der Waals surface area contributed by atoms with E-state index in [-0.39, 0.29) is 44.2 Å². The molecule has 1 aliphatic heterocycles. The SMILES string of the molecule is [C-]#[N+]C1(CC=C)CC[C@@](CO[C@H](C)c2cc(C(F)(F)F)cc(C(F)(F)F)c2)(c2ccccc2)N(C(=O)OCc2ccccc2)C1. The van der Waals surface area contributed by atoms with Gasteiger partial charge in [0.05, 0.1) is 29.4 Å². The van der Waals surface area contributed by atoms with Crippen molar-refractivity contribution in [1.82, 2.24) is 4.90 Å². The molecule has 238 valence electrons. The molecular weight excluding hydrogens is 598 g/mol. The molecule has 3 aromatic carbocycles. The number of hydrogen-bond donors (Lipinski definition) is 0. The Hall–Kier alpha value is -4.30. The third-order valence-corrected chi connectivity index (χ3v) is 8.12. The van der Waals surface area contributed by atoms with E-state index in [9.17, 15) is 31.1 Å². The summed E-state index contributed by atoms with van der Waals surface area (Å²) in [6.07, 6.45) is -9.59. The summed E-state index contributed by atoms with van der Waals surface area (Å²) in [5, 5.41) is 0. The van der Waals surface area contributed by atoms with Gasteiger partial charge in [0, 0.05) is 12.8 Å². The van der Waals surface area contributed by atoms with Crippen LogP contribution in [0.25, 0.3) is 4.85 Å². The molecule has 11 heteroatoms. The molecule has 1 heterocycles. The highest BCUT2D eigenvalue weighted by molar-refractivity contribution is 5.70. The number of ether oxygens (including phenoxy) is 2. The van der Waals surface area contributed by atoms with Gasteiger partial charge in [-0.15, -0.1) is 6.58 Å². The van der Waals surface area contributed by atoms with Crippen LogP contribution in [0.15, 0.2) is 91.5 Å². The second-order valence-corrected chi connectivity index (χ2v) is 11.1. The summed E-state index contributed by atoms with van der Waals surface area (Å²) in [5.74, 6) is 0. The summed E-state index contributed by atoms with van der Waals surface area (Å²) < 4.78 is 93.2. The average Bonchev–Trinajstić information content (AvgIpc) is 3.03. The number of rotatable bonds is 9. The van der Waals surface area contributed by atoms with Gasteiger partial charge in [-0.05, 0) is 48.2 Å². The van der Waals surface area contributed by atoms with Crippen LogP contribution in [-0.4, -0.2) is 29.7 Å². The highest BCUT2D eigenvalue weighted by Gasteiger charge is 2.55. The maximum absolute atomic E-state index is 13.9. The number of piperidine rings is 1. The molecule has 1 fully saturated rings. The molecule has 0 N–H and O–H groups in total. The molecule has 0 spiro atoms. The lowest BCUT2D eigenvalue weighted by molar-refractivity contribution is -0.143. The van der Waals surface area contributed by atoms with Crippen molar-refractivity contribution in [2.45, 2.75) is 62.3 Å². The van der Waals surface area contributed by atoms with Gasteiger partial charge in [0.1, 0.15) is 13.2 Å². The van der Waals surface area contributed by atoms with E-state index in [4.69, 9.17) is 16.0 Å². The maximum atomic E-state index is 13.9. The summed E-state index contributed by atoms with van der Waals surface area (Å²) in [5.41, 5.74) is -4.15. The Morgan fingerprint density at radius 3 is 2.09 bits per heavy atom. The van der Waals surface area contributed by atoms with Gasteiger partial charge in [-0.25, -0.2) is 11.4 Å². The number of benzene rings is 3. The summed E-state index contributed by atoms with van der Waals surface area (Å²) in [6, 6.07) is 19.1. The van der Waals surface area contributed by atoms with Crippen LogP contribution in [0.2, 0.25) is 0 Å². The Labute approximate surface area is 257 Å². The van der Waals surface area contributed by atoms with Crippen molar-refractivity contribution in [2.75, 3.05) is 13.2 Å². The lowest BCUT2D eigenvalue weighted by Crippen LogP contribution is -2.61. The Bertz CT molecular complexity index is 1490. The molecule has 3 atom stereocenters. The second kappa shape index (κ2) is 13.4. The van der Waals surface area contributed by atoms with Crippen LogP contribution < -0.4 is 0 Å². The third kappa shape index (κ3) is 7.68. The van der Waals surface area contributed by atoms with E-state index >= 15 is 0 Å². The molecule has 45 heavy (non-hydrogen) atoms. The Morgan fingerprint density at radius 1 is 0.978 bits per heavy atom. The quantitative estimate of drug-likeness (QED) is 0.134. The lowest BCUT2D eigenvalue weighted by atomic mass is 9.74. The number of likely N-dealkylation sites (tertiary alicyclic amines) is 1. The predicted octanol–water partition coefficient (Wildman–Crippen LogP) is 9.36. The summed E-state index contributed by atoms with van der Waals surface area (Å²) >= 11 is 0. The van der Waals surface area contributed by atoms with Crippen molar-refractivity contribution < 1.29 is 40.6 Å². The number of halogens is 6. The topological polar surface area (TPSA) is 43.1 Å². The number of amides is 1. The molecule has 1 unspecified atom stereocenters. The third-order valence-electron chi connectivity index (χ3n) is 8.12. The molecule has 1 saturated heterocycles. The van der Waals surface area contributed by atoms with Crippen molar-refractivity contribution in [3.8, 4) is 0 Å². The van der Waals surface area contributed by atoms with Gasteiger partial charge in [-0.1, -0.05) is 66.7 Å². The van der Waals surface area contributed by atoms with Crippen molar-refractivity contribution in [1.29, 1.82) is 0 Å². The van der Waals surface area contributed by atoms with Crippen LogP contribution in [0.5, 0.6) is 0 Å². The zero-order valence-electron chi connectivity index (χ0n) is 24.5. The lowest BCUT2D eigenvalue weighted by Gasteiger charge is -2.49. The predicted molar refractivity (Wildman–Crippen MR) is 156 cm³/mol. The molecule has 0 aliphatic carbocycles. The van der Waals surface area contributed by atoms with Crippen LogP contribution >= 0.6 is 0 Å². The number of alkyl halides is 6. The zero-order chi connectivity index (χ0) is 32.9. The normalized spacial score (nSPS) is 21.1. The van der Waals surface area contributed by atoms with Crippen LogP contribution in [0, 0.1) is 6.57 Å². The first kappa shape index (κ1) is 33.6. The highest BCUT2D eigenvalue weighted by atomic mass is 19.4. The molecule has 1 aliphatic rings. The summed E-state index contributed by atoms with van der Waals surface area (Å²) in [6.45, 7) is 12.7. The molecule has 0 aromatic heterocycles. The fraction of sp³-hybridized carbons (Fsp3) is 0.353. The second-order valence-electron chi connectivity index (χ2n) is 11.1. The maximum Gasteiger partial charge on any atom is 0.416 e. The van der Waals surface area contributed by atoms with E-state index in [0.29, 0.717) is 24.1 Å². The molecule has 1 amide bonds. The monoisotopic (exact) mass is 630 g/mol. The molecule has 3 aromatic rings. The van der Waals surface area contributed by atoms with Gasteiger partial charge >= 0.3 is 18.4 Å². The van der Waals surface area contributed by atoms with Crippen molar-refractivity contribution in [2.24, 2.45) is 0 Å². The first-order valence-corrected chi connectivity index (χ1v) is 14.2. The fourth-order valence-corrected chi connectivity index (χ4v) is 5.56. The van der Waals surface area contributed by atoms with Gasteiger partial charge in [0.15, 0.2) is 0 Å². The van der Waals surface area contributed by atoms with Crippen molar-refractivity contribution in [3.05, 3.63) is 131 Å². The van der Waals surface area contributed by atoms with Crippen molar-refractivity contribution >= 4 is 6.09 Å². The van der Waals surface area contributed by atoms with E-state index in [2.05, 4.69) is 11.4 Å². The molecule has 0 radical (unpaired) electrons. The van der Waals surface area contributed by atoms with E-state index in [0.717, 1.165) is 5.56 Å².